The lowest BCUT2D eigenvalue weighted by Gasteiger charge is -2.30. The topological polar surface area (TPSA) is 58.1 Å². The normalized spacial score (nSPS) is 15.1. The van der Waals surface area contributed by atoms with E-state index in [0.717, 1.165) is 32.7 Å². The lowest BCUT2D eigenvalue weighted by Crippen LogP contribution is -2.42. The quantitative estimate of drug-likeness (QED) is 0.302. The number of nitrogens with zero attached hydrogens (tertiary/aromatic N) is 2. The van der Waals surface area contributed by atoms with Gasteiger partial charge in [0.2, 0.25) is 0 Å². The van der Waals surface area contributed by atoms with Gasteiger partial charge in [-0.2, -0.15) is 0 Å². The Labute approximate surface area is 201 Å². The van der Waals surface area contributed by atoms with E-state index < -0.39 is 0 Å². The molecular formula is C23H32FIN4O2. The monoisotopic (exact) mass is 542 g/mol. The zero-order valence-electron chi connectivity index (χ0n) is 18.1. The molecule has 2 aromatic carbocycles. The van der Waals surface area contributed by atoms with Crippen LogP contribution in [0.5, 0.6) is 5.75 Å². The van der Waals surface area contributed by atoms with Gasteiger partial charge in [-0.15, -0.1) is 24.0 Å². The molecule has 6 nitrogen and oxygen atoms in total. The Bertz CT molecular complexity index is 831. The largest absolute Gasteiger partial charge is 0.489 e. The number of ether oxygens (including phenoxy) is 2. The third-order valence-electron chi connectivity index (χ3n) is 5.06. The number of guanidine groups is 1. The second-order valence-corrected chi connectivity index (χ2v) is 7.14. The van der Waals surface area contributed by atoms with E-state index in [4.69, 9.17) is 9.47 Å². The molecule has 2 N–H and O–H groups in total. The smallest absolute Gasteiger partial charge is 0.191 e. The first-order chi connectivity index (χ1) is 14.7. The van der Waals surface area contributed by atoms with E-state index in [1.807, 2.05) is 6.92 Å². The number of anilines is 1. The van der Waals surface area contributed by atoms with Crippen LogP contribution in [-0.2, 0) is 11.3 Å². The molecule has 0 aromatic heterocycles. The Balaban J connectivity index is 0.00000341. The van der Waals surface area contributed by atoms with Gasteiger partial charge in [0.15, 0.2) is 5.96 Å². The van der Waals surface area contributed by atoms with Gasteiger partial charge < -0.3 is 25.0 Å². The van der Waals surface area contributed by atoms with Gasteiger partial charge in [-0.05, 0) is 30.2 Å². The van der Waals surface area contributed by atoms with Crippen molar-refractivity contribution in [1.29, 1.82) is 0 Å². The number of para-hydroxylation sites is 1. The summed E-state index contributed by atoms with van der Waals surface area (Å²) in [7, 11) is 1.75. The summed E-state index contributed by atoms with van der Waals surface area (Å²) in [5, 5.41) is 6.69. The number of hydrogen-bond donors (Lipinski definition) is 2. The van der Waals surface area contributed by atoms with Crippen LogP contribution in [-0.4, -0.2) is 52.0 Å². The van der Waals surface area contributed by atoms with E-state index in [1.165, 1.54) is 23.4 Å². The van der Waals surface area contributed by atoms with Crippen molar-refractivity contribution in [3.05, 3.63) is 59.9 Å². The fraction of sp³-hybridized carbons (Fsp3) is 0.435. The molecule has 1 fully saturated rings. The SMILES string of the molecule is CCC(CNC(=NC)NCc1ccccc1N1CCOCC1)Oc1cccc(F)c1.I. The van der Waals surface area contributed by atoms with E-state index in [0.29, 0.717) is 24.8 Å². The molecule has 1 saturated heterocycles. The number of benzene rings is 2. The molecule has 3 rings (SSSR count). The molecule has 0 spiro atoms. The molecule has 1 aliphatic rings. The lowest BCUT2D eigenvalue weighted by atomic mass is 10.1. The molecule has 0 aliphatic carbocycles. The molecule has 0 radical (unpaired) electrons. The Hall–Kier alpha value is -2.07. The standard InChI is InChI=1S/C23H31FN4O2.HI/c1-3-20(30-21-9-6-8-19(24)15-21)17-27-23(25-2)26-16-18-7-4-5-10-22(18)28-11-13-29-14-12-28;/h4-10,15,20H,3,11-14,16-17H2,1-2H3,(H2,25,26,27);1H. The molecule has 1 aliphatic heterocycles. The first-order valence-electron chi connectivity index (χ1n) is 10.5. The van der Waals surface area contributed by atoms with Gasteiger partial charge in [-0.25, -0.2) is 4.39 Å². The van der Waals surface area contributed by atoms with Crippen molar-refractivity contribution < 1.29 is 13.9 Å². The Kier molecular flexibility index (Phi) is 10.9. The van der Waals surface area contributed by atoms with Gasteiger partial charge in [0, 0.05) is 38.4 Å². The summed E-state index contributed by atoms with van der Waals surface area (Å²) >= 11 is 0. The highest BCUT2D eigenvalue weighted by Gasteiger charge is 2.15. The summed E-state index contributed by atoms with van der Waals surface area (Å²) in [6, 6.07) is 14.6. The number of morpholine rings is 1. The molecule has 8 heteroatoms. The molecule has 0 saturated carbocycles. The Morgan fingerprint density at radius 1 is 1.16 bits per heavy atom. The minimum atomic E-state index is -0.299. The van der Waals surface area contributed by atoms with Crippen molar-refractivity contribution >= 4 is 35.6 Å². The van der Waals surface area contributed by atoms with E-state index in [-0.39, 0.29) is 35.9 Å². The molecule has 1 unspecified atom stereocenters. The van der Waals surface area contributed by atoms with Crippen LogP contribution in [0.25, 0.3) is 0 Å². The third kappa shape index (κ3) is 7.84. The van der Waals surface area contributed by atoms with Crippen LogP contribution in [0.15, 0.2) is 53.5 Å². The van der Waals surface area contributed by atoms with Crippen molar-refractivity contribution in [2.75, 3.05) is 44.8 Å². The molecule has 1 atom stereocenters. The van der Waals surface area contributed by atoms with Gasteiger partial charge in [0.25, 0.3) is 0 Å². The zero-order chi connectivity index (χ0) is 21.2. The summed E-state index contributed by atoms with van der Waals surface area (Å²) in [6.07, 6.45) is 0.700. The molecule has 1 heterocycles. The summed E-state index contributed by atoms with van der Waals surface area (Å²) in [6.45, 7) is 6.59. The van der Waals surface area contributed by atoms with Gasteiger partial charge in [0.1, 0.15) is 17.7 Å². The summed E-state index contributed by atoms with van der Waals surface area (Å²) in [4.78, 5) is 6.68. The van der Waals surface area contributed by atoms with Crippen LogP contribution in [0.2, 0.25) is 0 Å². The Morgan fingerprint density at radius 3 is 2.65 bits per heavy atom. The van der Waals surface area contributed by atoms with Crippen LogP contribution in [0.3, 0.4) is 0 Å². The zero-order valence-corrected chi connectivity index (χ0v) is 20.5. The third-order valence-corrected chi connectivity index (χ3v) is 5.06. The molecular weight excluding hydrogens is 510 g/mol. The maximum absolute atomic E-state index is 13.4. The molecule has 170 valence electrons. The van der Waals surface area contributed by atoms with E-state index >= 15 is 0 Å². The second-order valence-electron chi connectivity index (χ2n) is 7.14. The average molecular weight is 542 g/mol. The number of halogens is 2. The highest BCUT2D eigenvalue weighted by atomic mass is 127. The van der Waals surface area contributed by atoms with Crippen LogP contribution < -0.4 is 20.3 Å². The number of aliphatic imine (C=N–C) groups is 1. The number of hydrogen-bond acceptors (Lipinski definition) is 4. The maximum Gasteiger partial charge on any atom is 0.191 e. The number of nitrogens with one attached hydrogen (secondary N) is 2. The lowest BCUT2D eigenvalue weighted by molar-refractivity contribution is 0.122. The minimum Gasteiger partial charge on any atom is -0.489 e. The van der Waals surface area contributed by atoms with E-state index in [1.54, 1.807) is 19.2 Å². The van der Waals surface area contributed by atoms with Crippen molar-refractivity contribution in [2.24, 2.45) is 4.99 Å². The molecule has 0 amide bonds. The van der Waals surface area contributed by atoms with E-state index in [9.17, 15) is 4.39 Å². The highest BCUT2D eigenvalue weighted by Crippen LogP contribution is 2.21. The van der Waals surface area contributed by atoms with Crippen molar-refractivity contribution in [3.8, 4) is 5.75 Å². The predicted octanol–water partition coefficient (Wildman–Crippen LogP) is 3.80. The molecule has 31 heavy (non-hydrogen) atoms. The highest BCUT2D eigenvalue weighted by molar-refractivity contribution is 14.0. The molecule has 0 bridgehead atoms. The van der Waals surface area contributed by atoms with Crippen LogP contribution in [0.1, 0.15) is 18.9 Å². The summed E-state index contributed by atoms with van der Waals surface area (Å²) < 4.78 is 24.8. The van der Waals surface area contributed by atoms with Crippen molar-refractivity contribution in [2.45, 2.75) is 26.0 Å². The summed E-state index contributed by atoms with van der Waals surface area (Å²) in [5.41, 5.74) is 2.44. The van der Waals surface area contributed by atoms with Crippen LogP contribution >= 0.6 is 24.0 Å². The second kappa shape index (κ2) is 13.4. The van der Waals surface area contributed by atoms with Crippen molar-refractivity contribution in [3.63, 3.8) is 0 Å². The van der Waals surface area contributed by atoms with Gasteiger partial charge in [0.05, 0.1) is 19.8 Å². The average Bonchev–Trinajstić information content (AvgIpc) is 2.79. The van der Waals surface area contributed by atoms with Gasteiger partial charge >= 0.3 is 0 Å². The first kappa shape index (κ1) is 25.2. The van der Waals surface area contributed by atoms with Gasteiger partial charge in [-0.1, -0.05) is 31.2 Å². The fourth-order valence-electron chi connectivity index (χ4n) is 3.39. The Morgan fingerprint density at radius 2 is 1.94 bits per heavy atom. The predicted molar refractivity (Wildman–Crippen MR) is 134 cm³/mol. The van der Waals surface area contributed by atoms with Crippen LogP contribution in [0.4, 0.5) is 10.1 Å². The maximum atomic E-state index is 13.4. The van der Waals surface area contributed by atoms with Crippen LogP contribution in [0, 0.1) is 5.82 Å². The number of rotatable bonds is 8. The van der Waals surface area contributed by atoms with E-state index in [2.05, 4.69) is 44.8 Å². The fourth-order valence-corrected chi connectivity index (χ4v) is 3.39. The first-order valence-corrected chi connectivity index (χ1v) is 10.5. The molecule has 2 aromatic rings. The van der Waals surface area contributed by atoms with Crippen molar-refractivity contribution in [1.82, 2.24) is 10.6 Å². The van der Waals surface area contributed by atoms with Gasteiger partial charge in [-0.3, -0.25) is 4.99 Å². The minimum absolute atomic E-state index is 0. The summed E-state index contributed by atoms with van der Waals surface area (Å²) in [5.74, 6) is 0.936.